The van der Waals surface area contributed by atoms with E-state index in [0.29, 0.717) is 42.3 Å². The van der Waals surface area contributed by atoms with Crippen LogP contribution in [0, 0.1) is 12.8 Å². The second-order valence-electron chi connectivity index (χ2n) is 15.2. The summed E-state index contributed by atoms with van der Waals surface area (Å²) in [6, 6.07) is 6.15. The normalized spacial score (nSPS) is 17.0. The minimum Gasteiger partial charge on any atom is -0.496 e. The van der Waals surface area contributed by atoms with Crippen LogP contribution in [0.4, 0.5) is 0 Å². The number of methoxy groups -OCH3 is 1. The van der Waals surface area contributed by atoms with Crippen LogP contribution in [0.25, 0.3) is 21.6 Å². The molecule has 1 aromatic carbocycles. The molecule has 14 heteroatoms. The number of benzene rings is 1. The summed E-state index contributed by atoms with van der Waals surface area (Å²) in [5.74, 6) is 1.82. The Hall–Kier alpha value is -3.88. The number of aryl methyl sites for hydroxylation is 1. The zero-order valence-electron chi connectivity index (χ0n) is 34.3. The van der Waals surface area contributed by atoms with Crippen molar-refractivity contribution in [2.45, 2.75) is 135 Å². The monoisotopic (exact) mass is 813 g/mol. The van der Waals surface area contributed by atoms with Crippen LogP contribution < -0.4 is 20.2 Å². The largest absolute Gasteiger partial charge is 0.496 e. The zero-order chi connectivity index (χ0) is 41.2. The number of carbonyl (C=O) groups is 3. The molecule has 3 heterocycles. The molecule has 2 aliphatic carbocycles. The number of unbranched alkanes of at least 4 members (excludes halogenated alkanes) is 2. The molecule has 310 valence electrons. The lowest BCUT2D eigenvalue weighted by Crippen LogP contribution is -2.42. The van der Waals surface area contributed by atoms with Crippen LogP contribution in [0.5, 0.6) is 5.75 Å². The Morgan fingerprint density at radius 3 is 2.38 bits per heavy atom. The maximum absolute atomic E-state index is 12.6. The van der Waals surface area contributed by atoms with Crippen molar-refractivity contribution >= 4 is 52.0 Å². The van der Waals surface area contributed by atoms with Crippen LogP contribution in [-0.2, 0) is 30.1 Å². The number of nitrogens with zero attached hydrogens (tertiary/aromatic N) is 2. The molecule has 0 bridgehead atoms. The number of aromatic amines is 1. The smallest absolute Gasteiger partial charge is 0.251 e. The maximum Gasteiger partial charge on any atom is 0.251 e. The fourth-order valence-electron chi connectivity index (χ4n) is 5.95. The Morgan fingerprint density at radius 1 is 1.12 bits per heavy atom. The topological polar surface area (TPSA) is 160 Å². The molecule has 0 spiro atoms. The molecule has 2 unspecified atom stereocenters. The quantitative estimate of drug-likeness (QED) is 0.0726. The molecule has 0 radical (unpaired) electrons. The molecule has 3 atom stereocenters. The summed E-state index contributed by atoms with van der Waals surface area (Å²) in [7, 11) is 0.552. The van der Waals surface area contributed by atoms with Gasteiger partial charge >= 0.3 is 0 Å². The third kappa shape index (κ3) is 15.2. The molecule has 3 aliphatic rings. The molecule has 3 aromatic rings. The van der Waals surface area contributed by atoms with Crippen LogP contribution in [-0.4, -0.2) is 81.5 Å². The number of thiazole rings is 1. The number of nitrogens with one attached hydrogen (secondary N) is 3. The Labute approximate surface area is 339 Å². The highest BCUT2D eigenvalue weighted by molar-refractivity contribution is 7.84. The number of amides is 3. The summed E-state index contributed by atoms with van der Waals surface area (Å²) in [5.41, 5.74) is 3.53. The van der Waals surface area contributed by atoms with Gasteiger partial charge < -0.3 is 24.7 Å². The van der Waals surface area contributed by atoms with Crippen molar-refractivity contribution in [3.8, 4) is 16.5 Å². The predicted molar refractivity (Wildman–Crippen MR) is 227 cm³/mol. The van der Waals surface area contributed by atoms with Crippen molar-refractivity contribution in [1.82, 2.24) is 24.9 Å². The molecule has 6 rings (SSSR count). The lowest BCUT2D eigenvalue weighted by atomic mass is 10.0. The van der Waals surface area contributed by atoms with Gasteiger partial charge in [0, 0.05) is 47.6 Å². The third-order valence-electron chi connectivity index (χ3n) is 9.57. The molecule has 3 amide bonds. The lowest BCUT2D eigenvalue weighted by Gasteiger charge is -2.28. The fourth-order valence-corrected chi connectivity index (χ4v) is 7.76. The van der Waals surface area contributed by atoms with Crippen molar-refractivity contribution < 1.29 is 28.1 Å². The summed E-state index contributed by atoms with van der Waals surface area (Å²) < 4.78 is 24.0. The Kier molecular flexibility index (Phi) is 19.9. The Bertz CT molecular complexity index is 1780. The van der Waals surface area contributed by atoms with Crippen LogP contribution in [0.15, 0.2) is 41.0 Å². The van der Waals surface area contributed by atoms with Crippen molar-refractivity contribution in [2.24, 2.45) is 5.92 Å². The molecule has 1 aliphatic heterocycles. The summed E-state index contributed by atoms with van der Waals surface area (Å²) >= 11 is 1.55. The second kappa shape index (κ2) is 24.0. The molecule has 56 heavy (non-hydrogen) atoms. The minimum absolute atomic E-state index is 0.00389. The van der Waals surface area contributed by atoms with Gasteiger partial charge in [-0.2, -0.15) is 0 Å². The van der Waals surface area contributed by atoms with Crippen molar-refractivity contribution in [2.75, 3.05) is 20.3 Å². The van der Waals surface area contributed by atoms with Gasteiger partial charge in [-0.25, -0.2) is 9.19 Å². The number of rotatable bonds is 17. The first-order valence-electron chi connectivity index (χ1n) is 19.8. The molecule has 3 N–H and O–H groups in total. The van der Waals surface area contributed by atoms with E-state index in [4.69, 9.17) is 9.47 Å². The molecule has 2 saturated carbocycles. The van der Waals surface area contributed by atoms with Crippen molar-refractivity contribution in [3.63, 3.8) is 0 Å². The zero-order valence-corrected chi connectivity index (χ0v) is 35.9. The van der Waals surface area contributed by atoms with Gasteiger partial charge in [0.2, 0.25) is 12.8 Å². The number of likely N-dealkylation sites (tertiary alicyclic amines) is 1. The first-order chi connectivity index (χ1) is 26.8. The highest BCUT2D eigenvalue weighted by atomic mass is 32.2. The maximum atomic E-state index is 12.6. The van der Waals surface area contributed by atoms with Crippen molar-refractivity contribution in [1.29, 1.82) is 0 Å². The molecule has 12 nitrogen and oxygen atoms in total. The number of allylic oxidation sites excluding steroid dienone is 1. The number of pyridine rings is 1. The van der Waals surface area contributed by atoms with E-state index in [-0.39, 0.29) is 22.7 Å². The van der Waals surface area contributed by atoms with Crippen LogP contribution in [0.1, 0.15) is 116 Å². The number of fused-ring (bicyclic) bond motifs is 1. The van der Waals surface area contributed by atoms with E-state index >= 15 is 0 Å². The summed E-state index contributed by atoms with van der Waals surface area (Å²) in [4.78, 5) is 54.1. The van der Waals surface area contributed by atoms with E-state index in [0.717, 1.165) is 97.5 Å². The number of hydrogen-bond donors (Lipinski definition) is 3. The third-order valence-corrected chi connectivity index (χ3v) is 11.9. The average Bonchev–Trinajstić information content (AvgIpc) is 4.10. The first-order valence-corrected chi connectivity index (χ1v) is 21.9. The van der Waals surface area contributed by atoms with Gasteiger partial charge in [0.25, 0.3) is 5.91 Å². The second-order valence-corrected chi connectivity index (χ2v) is 17.5. The SMILES string of the molecule is C=CCCCCO[C@H](CC(C)C)C(=O)N1CCCC1C.COc1ccc2c(=O)cc(-c3nc(C(C)C)cs3)[nH]c2c1C.O=CNC1CC1.O=CNS(=O)C1CC1. The molecule has 2 aromatic heterocycles. The summed E-state index contributed by atoms with van der Waals surface area (Å²) in [6.45, 7) is 17.9. The van der Waals surface area contributed by atoms with E-state index in [2.05, 4.69) is 61.2 Å². The van der Waals surface area contributed by atoms with Gasteiger partial charge in [-0.3, -0.25) is 23.9 Å². The Balaban J connectivity index is 0.000000224. The van der Waals surface area contributed by atoms with E-state index < -0.39 is 11.0 Å². The van der Waals surface area contributed by atoms with Crippen LogP contribution in [0.3, 0.4) is 0 Å². The van der Waals surface area contributed by atoms with Gasteiger partial charge in [-0.15, -0.1) is 17.9 Å². The van der Waals surface area contributed by atoms with Gasteiger partial charge in [0.15, 0.2) is 5.43 Å². The van der Waals surface area contributed by atoms with E-state index in [1.807, 2.05) is 29.3 Å². The Morgan fingerprint density at radius 2 is 1.86 bits per heavy atom. The highest BCUT2D eigenvalue weighted by Crippen LogP contribution is 2.29. The number of carbonyl (C=O) groups excluding carboxylic acids is 3. The standard InChI is InChI=1S/C17H18N2O2S.C17H31NO2.C4H7NO2S.C4H7NO/c1-9(2)13-8-22-17(19-13)12-7-14(20)11-5-6-15(21-4)10(3)16(11)18-12;1-5-6-7-8-12-20-16(13-14(2)3)17(19)18-11-9-10-15(18)4;6-3-5-8(7)4-1-2-4;6-3-5-4-1-2-4/h5-9H,1-4H3,(H,18,20);5,14-16H,1,6-13H2,2-4H3;3-4H,1-2H2,(H,5,6);3-4H,1-2H2,(H,5,6)/t;15?,16-;;/m.1../s1. The van der Waals surface area contributed by atoms with Crippen molar-refractivity contribution in [3.05, 3.63) is 57.7 Å². The van der Waals surface area contributed by atoms with Gasteiger partial charge in [-0.1, -0.05) is 33.8 Å². The minimum atomic E-state index is -1.08. The number of hydrogen-bond acceptors (Lipinski definition) is 9. The number of aromatic nitrogens is 2. The lowest BCUT2D eigenvalue weighted by molar-refractivity contribution is -0.145. The number of ether oxygens (including phenoxy) is 2. The highest BCUT2D eigenvalue weighted by Gasteiger charge is 2.31. The number of H-pyrrole nitrogens is 1. The summed E-state index contributed by atoms with van der Waals surface area (Å²) in [6.07, 6.45) is 13.5. The van der Waals surface area contributed by atoms with E-state index in [1.165, 1.54) is 12.8 Å². The molecule has 3 fully saturated rings. The molecule has 1 saturated heterocycles. The molecular formula is C42H63N5O7S2. The summed E-state index contributed by atoms with van der Waals surface area (Å²) in [5, 5.41) is 6.44. The van der Waals surface area contributed by atoms with E-state index in [9.17, 15) is 23.4 Å². The van der Waals surface area contributed by atoms with E-state index in [1.54, 1.807) is 30.6 Å². The fraction of sp³-hybridized carbons (Fsp3) is 0.595. The van der Waals surface area contributed by atoms with Gasteiger partial charge in [-0.05, 0) is 102 Å². The van der Waals surface area contributed by atoms with Crippen LogP contribution >= 0.6 is 11.3 Å². The van der Waals surface area contributed by atoms with Gasteiger partial charge in [0.05, 0.1) is 29.3 Å². The average molecular weight is 814 g/mol. The van der Waals surface area contributed by atoms with Crippen LogP contribution in [0.2, 0.25) is 0 Å². The predicted octanol–water partition coefficient (Wildman–Crippen LogP) is 7.33. The molecular weight excluding hydrogens is 751 g/mol. The van der Waals surface area contributed by atoms with Gasteiger partial charge in [0.1, 0.15) is 27.8 Å². The first kappa shape index (κ1) is 46.5.